The monoisotopic (exact) mass is 470 g/mol. The van der Waals surface area contributed by atoms with E-state index in [1.165, 1.54) is 18.4 Å². The minimum Gasteiger partial charge on any atom is -0.478 e. The van der Waals surface area contributed by atoms with Gasteiger partial charge in [0.15, 0.2) is 0 Å². The van der Waals surface area contributed by atoms with Crippen LogP contribution in [0.15, 0.2) is 48.6 Å². The fourth-order valence-corrected chi connectivity index (χ4v) is 3.44. The van der Waals surface area contributed by atoms with E-state index in [2.05, 4.69) is 30.2 Å². The second-order valence-corrected chi connectivity index (χ2v) is 8.13. The quantitative estimate of drug-likeness (QED) is 0.305. The standard InChI is InChI=1S/C21H30N4O.C4H4O4/c1-4-5-8-15-26-20-18-9-6-7-10-19(18)22-21(23-20)25-13-11-24(12-14-25)16-17(2)3;5-3(6)1-2-4(7)8/h6-7,9-10H,2,4-5,8,11-16H2,1,3H3;1-2H,(H,5,6)(H,7,8). The number of rotatable bonds is 10. The molecule has 2 heterocycles. The fraction of sp³-hybridized carbons (Fsp3) is 0.440. The van der Waals surface area contributed by atoms with Crippen LogP contribution in [0.5, 0.6) is 5.88 Å². The number of benzene rings is 1. The average Bonchev–Trinajstić information content (AvgIpc) is 2.81. The summed E-state index contributed by atoms with van der Waals surface area (Å²) < 4.78 is 6.03. The zero-order valence-electron chi connectivity index (χ0n) is 19.9. The Bertz CT molecular complexity index is 984. The molecule has 9 heteroatoms. The van der Waals surface area contributed by atoms with Crippen molar-refractivity contribution in [3.63, 3.8) is 0 Å². The highest BCUT2D eigenvalue weighted by Gasteiger charge is 2.20. The predicted molar refractivity (Wildman–Crippen MR) is 132 cm³/mol. The topological polar surface area (TPSA) is 116 Å². The van der Waals surface area contributed by atoms with Crippen molar-refractivity contribution < 1.29 is 24.5 Å². The van der Waals surface area contributed by atoms with E-state index >= 15 is 0 Å². The van der Waals surface area contributed by atoms with Crippen molar-refractivity contribution >= 4 is 28.8 Å². The number of ether oxygens (including phenoxy) is 1. The Morgan fingerprint density at radius 3 is 2.29 bits per heavy atom. The molecule has 2 aromatic rings. The summed E-state index contributed by atoms with van der Waals surface area (Å²) in [6, 6.07) is 8.11. The lowest BCUT2D eigenvalue weighted by Gasteiger charge is -2.34. The van der Waals surface area contributed by atoms with E-state index in [1.807, 2.05) is 24.3 Å². The number of nitrogens with zero attached hydrogens (tertiary/aromatic N) is 4. The highest BCUT2D eigenvalue weighted by molar-refractivity contribution is 5.89. The van der Waals surface area contributed by atoms with E-state index in [-0.39, 0.29) is 0 Å². The second kappa shape index (κ2) is 13.9. The first-order valence-corrected chi connectivity index (χ1v) is 11.4. The molecule has 0 atom stereocenters. The molecular weight excluding hydrogens is 436 g/mol. The lowest BCUT2D eigenvalue weighted by atomic mass is 10.2. The number of carboxylic acid groups (broad SMARTS) is 2. The number of hydrogen-bond donors (Lipinski definition) is 2. The Kier molecular flexibility index (Phi) is 11.0. The molecule has 0 radical (unpaired) electrons. The van der Waals surface area contributed by atoms with E-state index < -0.39 is 11.9 Å². The molecule has 1 fully saturated rings. The number of fused-ring (bicyclic) bond motifs is 1. The van der Waals surface area contributed by atoms with Crippen LogP contribution in [0.1, 0.15) is 33.1 Å². The van der Waals surface area contributed by atoms with Crippen molar-refractivity contribution in [2.24, 2.45) is 0 Å². The van der Waals surface area contributed by atoms with Gasteiger partial charge in [0.05, 0.1) is 17.5 Å². The van der Waals surface area contributed by atoms with Gasteiger partial charge in [0, 0.05) is 44.9 Å². The van der Waals surface area contributed by atoms with Crippen molar-refractivity contribution in [2.75, 3.05) is 44.2 Å². The summed E-state index contributed by atoms with van der Waals surface area (Å²) >= 11 is 0. The maximum Gasteiger partial charge on any atom is 0.328 e. The normalized spacial score (nSPS) is 14.0. The molecule has 9 nitrogen and oxygen atoms in total. The van der Waals surface area contributed by atoms with E-state index in [0.717, 1.165) is 56.0 Å². The van der Waals surface area contributed by atoms with Crippen LogP contribution in [0.2, 0.25) is 0 Å². The Labute approximate surface area is 200 Å². The summed E-state index contributed by atoms with van der Waals surface area (Å²) in [4.78, 5) is 33.4. The number of hydrogen-bond acceptors (Lipinski definition) is 7. The minimum atomic E-state index is -1.26. The highest BCUT2D eigenvalue weighted by Crippen LogP contribution is 2.26. The largest absolute Gasteiger partial charge is 0.478 e. The van der Waals surface area contributed by atoms with Gasteiger partial charge in [-0.05, 0) is 25.5 Å². The number of anilines is 1. The summed E-state index contributed by atoms with van der Waals surface area (Å²) in [5, 5.41) is 16.6. The number of aromatic nitrogens is 2. The smallest absolute Gasteiger partial charge is 0.328 e. The summed E-state index contributed by atoms with van der Waals surface area (Å²) in [6.45, 7) is 13.9. The maximum atomic E-state index is 9.55. The number of carboxylic acids is 2. The van der Waals surface area contributed by atoms with Crippen molar-refractivity contribution in [2.45, 2.75) is 33.1 Å². The third-order valence-electron chi connectivity index (χ3n) is 5.06. The van der Waals surface area contributed by atoms with Gasteiger partial charge >= 0.3 is 11.9 Å². The number of piperazine rings is 1. The average molecular weight is 471 g/mol. The lowest BCUT2D eigenvalue weighted by Crippen LogP contribution is -2.47. The maximum absolute atomic E-state index is 9.55. The van der Waals surface area contributed by atoms with Gasteiger partial charge in [0.2, 0.25) is 11.8 Å². The Hall–Kier alpha value is -3.46. The summed E-state index contributed by atoms with van der Waals surface area (Å²) in [5.41, 5.74) is 2.16. The number of aliphatic carboxylic acids is 2. The van der Waals surface area contributed by atoms with Crippen molar-refractivity contribution in [3.05, 3.63) is 48.6 Å². The van der Waals surface area contributed by atoms with Crippen molar-refractivity contribution in [1.82, 2.24) is 14.9 Å². The molecule has 0 unspecified atom stereocenters. The molecule has 1 aliphatic heterocycles. The fourth-order valence-electron chi connectivity index (χ4n) is 3.44. The number of para-hydroxylation sites is 1. The molecule has 3 rings (SSSR count). The molecule has 2 N–H and O–H groups in total. The second-order valence-electron chi connectivity index (χ2n) is 8.13. The van der Waals surface area contributed by atoms with Gasteiger partial charge in [-0.2, -0.15) is 4.98 Å². The van der Waals surface area contributed by atoms with Gasteiger partial charge in [-0.15, -0.1) is 0 Å². The molecule has 0 bridgehead atoms. The van der Waals surface area contributed by atoms with Crippen LogP contribution in [0, 0.1) is 0 Å². The Balaban J connectivity index is 0.000000440. The molecule has 1 saturated heterocycles. The van der Waals surface area contributed by atoms with Crippen LogP contribution >= 0.6 is 0 Å². The van der Waals surface area contributed by atoms with Crippen LogP contribution in [-0.2, 0) is 9.59 Å². The number of unbranched alkanes of at least 4 members (excludes halogenated alkanes) is 2. The first kappa shape index (κ1) is 26.8. The molecule has 0 amide bonds. The van der Waals surface area contributed by atoms with E-state index in [9.17, 15) is 9.59 Å². The summed E-state index contributed by atoms with van der Waals surface area (Å²) in [6.07, 6.45) is 4.54. The molecule has 0 spiro atoms. The van der Waals surface area contributed by atoms with Crippen LogP contribution in [0.4, 0.5) is 5.95 Å². The molecule has 34 heavy (non-hydrogen) atoms. The highest BCUT2D eigenvalue weighted by atomic mass is 16.5. The van der Waals surface area contributed by atoms with Gasteiger partial charge in [-0.1, -0.05) is 44.1 Å². The van der Waals surface area contributed by atoms with Crippen LogP contribution < -0.4 is 9.64 Å². The Morgan fingerprint density at radius 2 is 1.71 bits per heavy atom. The first-order chi connectivity index (χ1) is 16.3. The Morgan fingerprint density at radius 1 is 1.06 bits per heavy atom. The first-order valence-electron chi connectivity index (χ1n) is 11.4. The van der Waals surface area contributed by atoms with Gasteiger partial charge in [-0.25, -0.2) is 14.6 Å². The van der Waals surface area contributed by atoms with Gasteiger partial charge in [0.25, 0.3) is 0 Å². The minimum absolute atomic E-state index is 0.558. The molecule has 0 aliphatic carbocycles. The van der Waals surface area contributed by atoms with E-state index in [0.29, 0.717) is 24.6 Å². The third kappa shape index (κ3) is 9.19. The third-order valence-corrected chi connectivity index (χ3v) is 5.06. The van der Waals surface area contributed by atoms with Crippen molar-refractivity contribution in [3.8, 4) is 5.88 Å². The zero-order valence-corrected chi connectivity index (χ0v) is 19.9. The van der Waals surface area contributed by atoms with Crippen LogP contribution in [-0.4, -0.2) is 76.4 Å². The summed E-state index contributed by atoms with van der Waals surface area (Å²) in [7, 11) is 0. The van der Waals surface area contributed by atoms with Crippen LogP contribution in [0.25, 0.3) is 10.9 Å². The lowest BCUT2D eigenvalue weighted by molar-refractivity contribution is -0.134. The predicted octanol–water partition coefficient (Wildman–Crippen LogP) is 3.61. The molecule has 1 aliphatic rings. The van der Waals surface area contributed by atoms with Gasteiger partial charge < -0.3 is 19.8 Å². The number of carbonyl (C=O) groups is 2. The van der Waals surface area contributed by atoms with Crippen molar-refractivity contribution in [1.29, 1.82) is 0 Å². The van der Waals surface area contributed by atoms with Gasteiger partial charge in [-0.3, -0.25) is 4.90 Å². The van der Waals surface area contributed by atoms with E-state index in [1.54, 1.807) is 0 Å². The molecule has 184 valence electrons. The molecule has 1 aromatic carbocycles. The zero-order chi connectivity index (χ0) is 24.9. The molecule has 1 aromatic heterocycles. The molecule has 0 saturated carbocycles. The van der Waals surface area contributed by atoms with E-state index in [4.69, 9.17) is 24.9 Å². The van der Waals surface area contributed by atoms with Crippen LogP contribution in [0.3, 0.4) is 0 Å². The van der Waals surface area contributed by atoms with Gasteiger partial charge in [0.1, 0.15) is 0 Å². The SMILES string of the molecule is C=C(C)CN1CCN(c2nc(OCCCCC)c3ccccc3n2)CC1.O=C(O)C=CC(=O)O. The molecular formula is C25H34N4O5. The summed E-state index contributed by atoms with van der Waals surface area (Å²) in [5.74, 6) is -1.02.